The van der Waals surface area contributed by atoms with Crippen LogP contribution in [0.4, 0.5) is 22.9 Å². The Hall–Kier alpha value is -2.60. The highest BCUT2D eigenvalue weighted by molar-refractivity contribution is 5.90. The van der Waals surface area contributed by atoms with Crippen molar-refractivity contribution in [3.05, 3.63) is 42.6 Å². The summed E-state index contributed by atoms with van der Waals surface area (Å²) in [6.07, 6.45) is 3.03. The van der Waals surface area contributed by atoms with Gasteiger partial charge in [0, 0.05) is 19.5 Å². The van der Waals surface area contributed by atoms with Crippen molar-refractivity contribution in [2.24, 2.45) is 0 Å². The lowest BCUT2D eigenvalue weighted by Gasteiger charge is -2.30. The summed E-state index contributed by atoms with van der Waals surface area (Å²) in [6, 6.07) is 11.9. The molecule has 0 bridgehead atoms. The Kier molecular flexibility index (Phi) is 5.85. The van der Waals surface area contributed by atoms with Gasteiger partial charge >= 0.3 is 0 Å². The van der Waals surface area contributed by atoms with Crippen molar-refractivity contribution in [2.75, 3.05) is 41.8 Å². The highest BCUT2D eigenvalue weighted by atomic mass is 16.5. The van der Waals surface area contributed by atoms with Crippen LogP contribution < -0.4 is 15.5 Å². The average Bonchev–Trinajstić information content (AvgIpc) is 2.65. The first-order valence-corrected chi connectivity index (χ1v) is 8.71. The zero-order chi connectivity index (χ0) is 17.5. The maximum Gasteiger partial charge on any atom is 0.224 e. The molecule has 6 heteroatoms. The molecule has 0 atom stereocenters. The standard InChI is InChI=1S/C19H24N4O2/c1-2-5-19(24)21-15-8-9-18(20-14-15)22-16-6-3-4-7-17(16)23-10-12-25-13-11-23/h3-4,6-9,14H,2,5,10-13H2,1H3,(H,20,22)(H,21,24). The molecule has 132 valence electrons. The van der Waals surface area contributed by atoms with Gasteiger partial charge in [-0.05, 0) is 30.7 Å². The Labute approximate surface area is 148 Å². The van der Waals surface area contributed by atoms with E-state index in [4.69, 9.17) is 4.74 Å². The number of nitrogens with one attached hydrogen (secondary N) is 2. The molecular formula is C19H24N4O2. The Morgan fingerprint density at radius 1 is 1.20 bits per heavy atom. The minimum atomic E-state index is 0.0164. The number of nitrogens with zero attached hydrogens (tertiary/aromatic N) is 2. The molecule has 1 aliphatic rings. The molecule has 1 fully saturated rings. The molecule has 3 rings (SSSR count). The van der Waals surface area contributed by atoms with E-state index in [1.54, 1.807) is 6.20 Å². The fourth-order valence-corrected chi connectivity index (χ4v) is 2.79. The molecule has 0 aliphatic carbocycles. The summed E-state index contributed by atoms with van der Waals surface area (Å²) in [4.78, 5) is 18.4. The number of carbonyl (C=O) groups is 1. The number of para-hydroxylation sites is 2. The number of aromatic nitrogens is 1. The van der Waals surface area contributed by atoms with Gasteiger partial charge in [-0.1, -0.05) is 19.1 Å². The number of amides is 1. The van der Waals surface area contributed by atoms with Gasteiger partial charge in [-0.25, -0.2) is 4.98 Å². The molecule has 1 aliphatic heterocycles. The number of ether oxygens (including phenoxy) is 1. The second-order valence-corrected chi connectivity index (χ2v) is 5.97. The van der Waals surface area contributed by atoms with Crippen molar-refractivity contribution in [1.29, 1.82) is 0 Å². The molecule has 0 radical (unpaired) electrons. The van der Waals surface area contributed by atoms with Crippen molar-refractivity contribution in [3.8, 4) is 0 Å². The molecular weight excluding hydrogens is 316 g/mol. The van der Waals surface area contributed by atoms with Gasteiger partial charge in [-0.3, -0.25) is 4.79 Å². The fraction of sp³-hybridized carbons (Fsp3) is 0.368. The van der Waals surface area contributed by atoms with Gasteiger partial charge < -0.3 is 20.3 Å². The van der Waals surface area contributed by atoms with Crippen LogP contribution in [-0.2, 0) is 9.53 Å². The zero-order valence-electron chi connectivity index (χ0n) is 14.5. The van der Waals surface area contributed by atoms with Crippen molar-refractivity contribution >= 4 is 28.8 Å². The highest BCUT2D eigenvalue weighted by Gasteiger charge is 2.14. The molecule has 25 heavy (non-hydrogen) atoms. The van der Waals surface area contributed by atoms with Gasteiger partial charge in [0.2, 0.25) is 5.91 Å². The normalized spacial score (nSPS) is 14.2. The Morgan fingerprint density at radius 2 is 2.00 bits per heavy atom. The molecule has 0 unspecified atom stereocenters. The van der Waals surface area contributed by atoms with Gasteiger partial charge in [0.05, 0.1) is 36.5 Å². The number of morpholine rings is 1. The van der Waals surface area contributed by atoms with Crippen LogP contribution >= 0.6 is 0 Å². The van der Waals surface area contributed by atoms with Crippen LogP contribution in [0.25, 0.3) is 0 Å². The highest BCUT2D eigenvalue weighted by Crippen LogP contribution is 2.28. The van der Waals surface area contributed by atoms with Crippen LogP contribution in [0.15, 0.2) is 42.6 Å². The SMILES string of the molecule is CCCC(=O)Nc1ccc(Nc2ccccc2N2CCOCC2)nc1. The third kappa shape index (κ3) is 4.70. The number of hydrogen-bond acceptors (Lipinski definition) is 5. The largest absolute Gasteiger partial charge is 0.378 e. The van der Waals surface area contributed by atoms with Crippen molar-refractivity contribution < 1.29 is 9.53 Å². The van der Waals surface area contributed by atoms with Crippen LogP contribution in [-0.4, -0.2) is 37.2 Å². The number of benzene rings is 1. The van der Waals surface area contributed by atoms with E-state index in [0.29, 0.717) is 12.1 Å². The lowest BCUT2D eigenvalue weighted by Crippen LogP contribution is -2.36. The molecule has 1 amide bonds. The van der Waals surface area contributed by atoms with Gasteiger partial charge in [-0.2, -0.15) is 0 Å². The summed E-state index contributed by atoms with van der Waals surface area (Å²) in [5.74, 6) is 0.761. The van der Waals surface area contributed by atoms with E-state index in [1.165, 1.54) is 0 Å². The van der Waals surface area contributed by atoms with E-state index >= 15 is 0 Å². The van der Waals surface area contributed by atoms with Gasteiger partial charge in [-0.15, -0.1) is 0 Å². The summed E-state index contributed by atoms with van der Waals surface area (Å²) in [5, 5.41) is 6.21. The maximum atomic E-state index is 11.6. The lowest BCUT2D eigenvalue weighted by atomic mass is 10.2. The molecule has 2 N–H and O–H groups in total. The fourth-order valence-electron chi connectivity index (χ4n) is 2.79. The van der Waals surface area contributed by atoms with Crippen molar-refractivity contribution in [2.45, 2.75) is 19.8 Å². The first-order chi connectivity index (χ1) is 12.3. The van der Waals surface area contributed by atoms with E-state index in [9.17, 15) is 4.79 Å². The summed E-state index contributed by atoms with van der Waals surface area (Å²) in [7, 11) is 0. The Bertz CT molecular complexity index is 697. The number of hydrogen-bond donors (Lipinski definition) is 2. The van der Waals surface area contributed by atoms with Crippen molar-refractivity contribution in [3.63, 3.8) is 0 Å². The van der Waals surface area contributed by atoms with E-state index in [-0.39, 0.29) is 5.91 Å². The minimum Gasteiger partial charge on any atom is -0.378 e. The van der Waals surface area contributed by atoms with Crippen LogP contribution in [0, 0.1) is 0 Å². The summed E-state index contributed by atoms with van der Waals surface area (Å²) in [5.41, 5.74) is 2.87. The first kappa shape index (κ1) is 17.2. The molecule has 0 saturated carbocycles. The summed E-state index contributed by atoms with van der Waals surface area (Å²) in [6.45, 7) is 5.25. The second-order valence-electron chi connectivity index (χ2n) is 5.97. The zero-order valence-corrected chi connectivity index (χ0v) is 14.5. The summed E-state index contributed by atoms with van der Waals surface area (Å²) < 4.78 is 5.43. The number of rotatable bonds is 6. The molecule has 0 spiro atoms. The molecule has 2 aromatic rings. The van der Waals surface area contributed by atoms with E-state index < -0.39 is 0 Å². The summed E-state index contributed by atoms with van der Waals surface area (Å²) >= 11 is 0. The molecule has 6 nitrogen and oxygen atoms in total. The van der Waals surface area contributed by atoms with Crippen LogP contribution in [0.5, 0.6) is 0 Å². The second kappa shape index (κ2) is 8.48. The third-order valence-corrected chi connectivity index (χ3v) is 4.04. The van der Waals surface area contributed by atoms with E-state index in [0.717, 1.165) is 49.9 Å². The third-order valence-electron chi connectivity index (χ3n) is 4.04. The number of pyridine rings is 1. The molecule has 2 heterocycles. The van der Waals surface area contributed by atoms with E-state index in [1.807, 2.05) is 37.3 Å². The predicted octanol–water partition coefficient (Wildman–Crippen LogP) is 3.40. The quantitative estimate of drug-likeness (QED) is 0.844. The van der Waals surface area contributed by atoms with Crippen LogP contribution in [0.2, 0.25) is 0 Å². The molecule has 1 aromatic carbocycles. The average molecular weight is 340 g/mol. The predicted molar refractivity (Wildman–Crippen MR) is 101 cm³/mol. The first-order valence-electron chi connectivity index (χ1n) is 8.71. The Morgan fingerprint density at radius 3 is 2.72 bits per heavy atom. The molecule has 1 aromatic heterocycles. The lowest BCUT2D eigenvalue weighted by molar-refractivity contribution is -0.116. The van der Waals surface area contributed by atoms with Crippen LogP contribution in [0.1, 0.15) is 19.8 Å². The Balaban J connectivity index is 1.69. The van der Waals surface area contributed by atoms with Gasteiger partial charge in [0.25, 0.3) is 0 Å². The topological polar surface area (TPSA) is 66.5 Å². The van der Waals surface area contributed by atoms with Crippen LogP contribution in [0.3, 0.4) is 0 Å². The number of carbonyl (C=O) groups excluding carboxylic acids is 1. The van der Waals surface area contributed by atoms with E-state index in [2.05, 4.69) is 26.6 Å². The monoisotopic (exact) mass is 340 g/mol. The smallest absolute Gasteiger partial charge is 0.224 e. The molecule has 1 saturated heterocycles. The number of anilines is 4. The van der Waals surface area contributed by atoms with Crippen molar-refractivity contribution in [1.82, 2.24) is 4.98 Å². The van der Waals surface area contributed by atoms with Gasteiger partial charge in [0.15, 0.2) is 0 Å². The maximum absolute atomic E-state index is 11.6. The minimum absolute atomic E-state index is 0.0164. The van der Waals surface area contributed by atoms with Gasteiger partial charge in [0.1, 0.15) is 5.82 Å².